The molecule has 20 heavy (non-hydrogen) atoms. The molecule has 1 fully saturated rings. The summed E-state index contributed by atoms with van der Waals surface area (Å²) in [5.74, 6) is 0.00959. The average molecular weight is 291 g/mol. The molecule has 0 bridgehead atoms. The van der Waals surface area contributed by atoms with Gasteiger partial charge in [-0.3, -0.25) is 14.9 Å². The van der Waals surface area contributed by atoms with E-state index in [1.54, 1.807) is 12.1 Å². The minimum atomic E-state index is -0.422. The zero-order chi connectivity index (χ0) is 14.1. The quantitative estimate of drug-likeness (QED) is 0.677. The zero-order valence-corrected chi connectivity index (χ0v) is 11.5. The molecule has 1 aromatic heterocycles. The summed E-state index contributed by atoms with van der Waals surface area (Å²) >= 11 is 1.39. The number of fused-ring (bicyclic) bond motifs is 1. The average Bonchev–Trinajstić information content (AvgIpc) is 2.90. The topological polar surface area (TPSA) is 75.5 Å². The molecule has 0 unspecified atom stereocenters. The molecular formula is C13H13N3O3S. The molecule has 0 atom stereocenters. The molecule has 6 nitrogen and oxygen atoms in total. The number of nitrogens with zero attached hydrogens (tertiary/aromatic N) is 2. The number of nitro benzene ring substituents is 1. The molecule has 2 heterocycles. The number of amides is 1. The Balaban J connectivity index is 1.92. The SMILES string of the molecule is O=C(c1cc2cc([N+](=O)[O-])ccc2s1)N1CCNCC1. The fourth-order valence-electron chi connectivity index (χ4n) is 2.27. The van der Waals surface area contributed by atoms with Crippen molar-refractivity contribution in [1.29, 1.82) is 0 Å². The lowest BCUT2D eigenvalue weighted by molar-refractivity contribution is -0.384. The summed E-state index contributed by atoms with van der Waals surface area (Å²) in [4.78, 5) is 25.2. The van der Waals surface area contributed by atoms with Gasteiger partial charge in [0.05, 0.1) is 9.80 Å². The van der Waals surface area contributed by atoms with Crippen molar-refractivity contribution < 1.29 is 9.72 Å². The molecule has 0 spiro atoms. The molecular weight excluding hydrogens is 278 g/mol. The summed E-state index contributed by atoms with van der Waals surface area (Å²) in [6.45, 7) is 3.02. The number of nitro groups is 1. The third-order valence-electron chi connectivity index (χ3n) is 3.33. The maximum absolute atomic E-state index is 12.4. The van der Waals surface area contributed by atoms with Crippen LogP contribution in [0, 0.1) is 10.1 Å². The Morgan fingerprint density at radius 1 is 1.30 bits per heavy atom. The van der Waals surface area contributed by atoms with E-state index in [1.807, 2.05) is 4.90 Å². The van der Waals surface area contributed by atoms with Crippen molar-refractivity contribution in [2.75, 3.05) is 26.2 Å². The van der Waals surface area contributed by atoms with Crippen molar-refractivity contribution in [3.8, 4) is 0 Å². The van der Waals surface area contributed by atoms with E-state index in [-0.39, 0.29) is 11.6 Å². The molecule has 1 aliphatic rings. The van der Waals surface area contributed by atoms with E-state index >= 15 is 0 Å². The largest absolute Gasteiger partial charge is 0.335 e. The van der Waals surface area contributed by atoms with Crippen molar-refractivity contribution in [2.24, 2.45) is 0 Å². The van der Waals surface area contributed by atoms with E-state index in [1.165, 1.54) is 23.5 Å². The van der Waals surface area contributed by atoms with E-state index in [9.17, 15) is 14.9 Å². The van der Waals surface area contributed by atoms with Crippen LogP contribution in [0.5, 0.6) is 0 Å². The number of nitrogens with one attached hydrogen (secondary N) is 1. The summed E-state index contributed by atoms with van der Waals surface area (Å²) in [6.07, 6.45) is 0. The monoisotopic (exact) mass is 291 g/mol. The number of hydrogen-bond acceptors (Lipinski definition) is 5. The first kappa shape index (κ1) is 13.0. The smallest absolute Gasteiger partial charge is 0.270 e. The van der Waals surface area contributed by atoms with Crippen LogP contribution in [-0.2, 0) is 0 Å². The van der Waals surface area contributed by atoms with E-state index in [2.05, 4.69) is 5.32 Å². The number of piperazine rings is 1. The van der Waals surface area contributed by atoms with E-state index < -0.39 is 4.92 Å². The standard InChI is InChI=1S/C13H13N3O3S/c17-13(15-5-3-14-4-6-15)12-8-9-7-10(16(18)19)1-2-11(9)20-12/h1-2,7-8,14H,3-6H2. The molecule has 0 saturated carbocycles. The fraction of sp³-hybridized carbons (Fsp3) is 0.308. The number of rotatable bonds is 2. The summed E-state index contributed by atoms with van der Waals surface area (Å²) in [7, 11) is 0. The summed E-state index contributed by atoms with van der Waals surface area (Å²) in [5, 5.41) is 14.7. The van der Waals surface area contributed by atoms with E-state index in [0.717, 1.165) is 23.2 Å². The molecule has 104 valence electrons. The van der Waals surface area contributed by atoms with Gasteiger partial charge in [-0.15, -0.1) is 11.3 Å². The lowest BCUT2D eigenvalue weighted by Crippen LogP contribution is -2.46. The molecule has 0 aliphatic carbocycles. The highest BCUT2D eigenvalue weighted by atomic mass is 32.1. The fourth-order valence-corrected chi connectivity index (χ4v) is 3.28. The molecule has 2 aromatic rings. The van der Waals surface area contributed by atoms with Crippen LogP contribution in [0.3, 0.4) is 0 Å². The maximum atomic E-state index is 12.4. The molecule has 1 saturated heterocycles. The van der Waals surface area contributed by atoms with Gasteiger partial charge in [-0.1, -0.05) is 0 Å². The van der Waals surface area contributed by atoms with Gasteiger partial charge in [0, 0.05) is 48.4 Å². The highest BCUT2D eigenvalue weighted by molar-refractivity contribution is 7.20. The van der Waals surface area contributed by atoms with Gasteiger partial charge in [0.1, 0.15) is 0 Å². The number of benzene rings is 1. The molecule has 1 N–H and O–H groups in total. The van der Waals surface area contributed by atoms with Crippen LogP contribution in [0.1, 0.15) is 9.67 Å². The molecule has 3 rings (SSSR count). The van der Waals surface area contributed by atoms with E-state index in [0.29, 0.717) is 18.0 Å². The van der Waals surface area contributed by atoms with Crippen LogP contribution in [0.4, 0.5) is 5.69 Å². The predicted octanol–water partition coefficient (Wildman–Crippen LogP) is 1.85. The van der Waals surface area contributed by atoms with Gasteiger partial charge in [-0.2, -0.15) is 0 Å². The first-order valence-corrected chi connectivity index (χ1v) is 7.15. The van der Waals surface area contributed by atoms with Gasteiger partial charge in [-0.05, 0) is 12.1 Å². The Hall–Kier alpha value is -1.99. The number of non-ortho nitro benzene ring substituents is 1. The number of carbonyl (C=O) groups is 1. The van der Waals surface area contributed by atoms with Crippen LogP contribution in [0.15, 0.2) is 24.3 Å². The molecule has 1 amide bonds. The maximum Gasteiger partial charge on any atom is 0.270 e. The van der Waals surface area contributed by atoms with Crippen molar-refractivity contribution >= 4 is 33.0 Å². The Morgan fingerprint density at radius 2 is 2.05 bits per heavy atom. The third-order valence-corrected chi connectivity index (χ3v) is 4.43. The number of carbonyl (C=O) groups excluding carboxylic acids is 1. The van der Waals surface area contributed by atoms with Gasteiger partial charge in [0.15, 0.2) is 0 Å². The van der Waals surface area contributed by atoms with E-state index in [4.69, 9.17) is 0 Å². The van der Waals surface area contributed by atoms with Crippen molar-refractivity contribution in [3.05, 3.63) is 39.3 Å². The highest BCUT2D eigenvalue weighted by Gasteiger charge is 2.20. The molecule has 1 aromatic carbocycles. The van der Waals surface area contributed by atoms with Crippen molar-refractivity contribution in [2.45, 2.75) is 0 Å². The normalized spacial score (nSPS) is 15.5. The highest BCUT2D eigenvalue weighted by Crippen LogP contribution is 2.29. The minimum absolute atomic E-state index is 0.00959. The molecule has 1 aliphatic heterocycles. The number of hydrogen-bond donors (Lipinski definition) is 1. The van der Waals surface area contributed by atoms with Crippen molar-refractivity contribution in [3.63, 3.8) is 0 Å². The third kappa shape index (κ3) is 2.37. The molecule has 7 heteroatoms. The first-order valence-electron chi connectivity index (χ1n) is 6.33. The zero-order valence-electron chi connectivity index (χ0n) is 10.7. The van der Waals surface area contributed by atoms with Crippen LogP contribution >= 0.6 is 11.3 Å². The second-order valence-electron chi connectivity index (χ2n) is 4.63. The predicted molar refractivity (Wildman–Crippen MR) is 77.3 cm³/mol. The number of thiophene rings is 1. The summed E-state index contributed by atoms with van der Waals surface area (Å²) in [5.41, 5.74) is 0.0523. The molecule has 0 radical (unpaired) electrons. The lowest BCUT2D eigenvalue weighted by atomic mass is 10.2. The van der Waals surface area contributed by atoms with Gasteiger partial charge < -0.3 is 10.2 Å². The first-order chi connectivity index (χ1) is 9.65. The minimum Gasteiger partial charge on any atom is -0.335 e. The summed E-state index contributed by atoms with van der Waals surface area (Å²) in [6, 6.07) is 6.43. The Bertz CT molecular complexity index is 677. The second-order valence-corrected chi connectivity index (χ2v) is 5.72. The van der Waals surface area contributed by atoms with Crippen LogP contribution in [0.2, 0.25) is 0 Å². The van der Waals surface area contributed by atoms with Crippen LogP contribution in [-0.4, -0.2) is 41.9 Å². The van der Waals surface area contributed by atoms with Crippen molar-refractivity contribution in [1.82, 2.24) is 10.2 Å². The van der Waals surface area contributed by atoms with Gasteiger partial charge in [0.25, 0.3) is 11.6 Å². The Morgan fingerprint density at radius 3 is 2.75 bits per heavy atom. The summed E-state index contributed by atoms with van der Waals surface area (Å²) < 4.78 is 0.897. The van der Waals surface area contributed by atoms with Gasteiger partial charge in [-0.25, -0.2) is 0 Å². The lowest BCUT2D eigenvalue weighted by Gasteiger charge is -2.26. The van der Waals surface area contributed by atoms with Gasteiger partial charge >= 0.3 is 0 Å². The van der Waals surface area contributed by atoms with Gasteiger partial charge in [0.2, 0.25) is 0 Å². The second kappa shape index (κ2) is 5.18. The Labute approximate surface area is 119 Å². The van der Waals surface area contributed by atoms with Crippen LogP contribution < -0.4 is 5.32 Å². The van der Waals surface area contributed by atoms with Crippen LogP contribution in [0.25, 0.3) is 10.1 Å². The Kier molecular flexibility index (Phi) is 3.37.